The van der Waals surface area contributed by atoms with E-state index in [0.717, 1.165) is 24.3 Å². The van der Waals surface area contributed by atoms with Crippen LogP contribution in [0.2, 0.25) is 5.02 Å². The van der Waals surface area contributed by atoms with Crippen molar-refractivity contribution in [3.8, 4) is 17.2 Å². The number of halogens is 4. The minimum absolute atomic E-state index is 0.0153. The topological polar surface area (TPSA) is 56.8 Å². The molecule has 0 heterocycles. The van der Waals surface area contributed by atoms with E-state index in [4.69, 9.17) is 25.8 Å². The molecule has 0 bridgehead atoms. The fraction of sp³-hybridized carbons (Fsp3) is 0.211. The summed E-state index contributed by atoms with van der Waals surface area (Å²) in [6.45, 7) is 0. The Morgan fingerprint density at radius 1 is 1.04 bits per heavy atom. The first-order valence-electron chi connectivity index (χ1n) is 7.86. The van der Waals surface area contributed by atoms with Crippen molar-refractivity contribution in [2.45, 2.75) is 6.18 Å². The summed E-state index contributed by atoms with van der Waals surface area (Å²) in [6.07, 6.45) is -1.98. The molecule has 2 aromatic rings. The van der Waals surface area contributed by atoms with Gasteiger partial charge in [-0.05, 0) is 36.4 Å². The van der Waals surface area contributed by atoms with Crippen LogP contribution in [0.4, 0.5) is 18.9 Å². The number of rotatable bonds is 6. The summed E-state index contributed by atoms with van der Waals surface area (Å²) in [5.74, 6) is 0.450. The molecule has 0 radical (unpaired) electrons. The van der Waals surface area contributed by atoms with Gasteiger partial charge in [0.05, 0.1) is 37.6 Å². The highest BCUT2D eigenvalue weighted by molar-refractivity contribution is 6.33. The summed E-state index contributed by atoms with van der Waals surface area (Å²) in [4.78, 5) is 12.1. The molecule has 28 heavy (non-hydrogen) atoms. The smallest absolute Gasteiger partial charge is 0.416 e. The van der Waals surface area contributed by atoms with Gasteiger partial charge in [-0.1, -0.05) is 11.6 Å². The van der Waals surface area contributed by atoms with E-state index in [2.05, 4.69) is 5.32 Å². The Hall–Kier alpha value is -2.87. The third-order valence-corrected chi connectivity index (χ3v) is 4.03. The van der Waals surface area contributed by atoms with E-state index >= 15 is 0 Å². The van der Waals surface area contributed by atoms with E-state index in [1.807, 2.05) is 0 Å². The molecule has 0 fully saturated rings. The average molecular weight is 416 g/mol. The van der Waals surface area contributed by atoms with Crippen molar-refractivity contribution in [3.63, 3.8) is 0 Å². The van der Waals surface area contributed by atoms with Crippen LogP contribution in [0.3, 0.4) is 0 Å². The van der Waals surface area contributed by atoms with Crippen LogP contribution in [0.5, 0.6) is 17.2 Å². The first kappa shape index (κ1) is 21.4. The largest absolute Gasteiger partial charge is 0.493 e. The van der Waals surface area contributed by atoms with Crippen LogP contribution in [-0.2, 0) is 11.0 Å². The number of carbonyl (C=O) groups excluding carboxylic acids is 1. The van der Waals surface area contributed by atoms with E-state index in [-0.39, 0.29) is 10.7 Å². The molecule has 9 heteroatoms. The molecule has 0 aliphatic heterocycles. The highest BCUT2D eigenvalue weighted by atomic mass is 35.5. The zero-order valence-corrected chi connectivity index (χ0v) is 15.9. The molecule has 0 unspecified atom stereocenters. The van der Waals surface area contributed by atoms with Gasteiger partial charge < -0.3 is 19.5 Å². The molecular formula is C19H17ClF3NO4. The molecule has 1 amide bonds. The Kier molecular flexibility index (Phi) is 6.80. The van der Waals surface area contributed by atoms with Crippen molar-refractivity contribution in [2.75, 3.05) is 26.6 Å². The second kappa shape index (κ2) is 8.88. The summed E-state index contributed by atoms with van der Waals surface area (Å²) < 4.78 is 54.2. The number of amides is 1. The van der Waals surface area contributed by atoms with Crippen LogP contribution in [0.1, 0.15) is 11.1 Å². The first-order chi connectivity index (χ1) is 13.2. The van der Waals surface area contributed by atoms with Gasteiger partial charge in [-0.15, -0.1) is 0 Å². The number of carbonyl (C=O) groups is 1. The Morgan fingerprint density at radius 2 is 1.71 bits per heavy atom. The molecule has 0 aliphatic carbocycles. The maximum Gasteiger partial charge on any atom is 0.416 e. The van der Waals surface area contributed by atoms with Crippen LogP contribution in [0, 0.1) is 0 Å². The molecule has 0 saturated carbocycles. The third-order valence-electron chi connectivity index (χ3n) is 3.70. The minimum Gasteiger partial charge on any atom is -0.493 e. The lowest BCUT2D eigenvalue weighted by Crippen LogP contribution is -2.11. The summed E-state index contributed by atoms with van der Waals surface area (Å²) in [5.41, 5.74) is -0.561. The lowest BCUT2D eigenvalue weighted by Gasteiger charge is -2.14. The number of benzene rings is 2. The van der Waals surface area contributed by atoms with Gasteiger partial charge in [0.15, 0.2) is 11.5 Å². The van der Waals surface area contributed by atoms with Gasteiger partial charge >= 0.3 is 6.18 Å². The highest BCUT2D eigenvalue weighted by Gasteiger charge is 2.31. The predicted molar refractivity (Wildman–Crippen MR) is 100 cm³/mol. The van der Waals surface area contributed by atoms with Crippen molar-refractivity contribution in [2.24, 2.45) is 0 Å². The molecule has 0 spiro atoms. The molecule has 1 N–H and O–H groups in total. The molecule has 2 rings (SSSR count). The second-order valence-corrected chi connectivity index (χ2v) is 5.85. The molecule has 0 aliphatic rings. The summed E-state index contributed by atoms with van der Waals surface area (Å²) in [5, 5.41) is 2.31. The summed E-state index contributed by atoms with van der Waals surface area (Å²) in [6, 6.07) is 5.94. The van der Waals surface area contributed by atoms with Gasteiger partial charge in [0.2, 0.25) is 11.7 Å². The quantitative estimate of drug-likeness (QED) is 0.672. The van der Waals surface area contributed by atoms with Crippen LogP contribution in [0.25, 0.3) is 6.08 Å². The number of methoxy groups -OCH3 is 3. The number of nitrogens with one attached hydrogen (secondary N) is 1. The molecule has 150 valence electrons. The molecule has 0 aromatic heterocycles. The fourth-order valence-electron chi connectivity index (χ4n) is 2.39. The second-order valence-electron chi connectivity index (χ2n) is 5.44. The van der Waals surface area contributed by atoms with Crippen LogP contribution < -0.4 is 19.5 Å². The minimum atomic E-state index is -4.55. The van der Waals surface area contributed by atoms with Gasteiger partial charge in [-0.25, -0.2) is 0 Å². The molecule has 0 atom stereocenters. The Bertz CT molecular complexity index is 897. The van der Waals surface area contributed by atoms with Gasteiger partial charge in [0, 0.05) is 11.6 Å². The van der Waals surface area contributed by atoms with E-state index in [1.54, 1.807) is 12.1 Å². The Labute approximate surface area is 164 Å². The zero-order chi connectivity index (χ0) is 20.9. The number of hydrogen-bond donors (Lipinski definition) is 1. The summed E-state index contributed by atoms with van der Waals surface area (Å²) >= 11 is 5.87. The standard InChI is InChI=1S/C19H17ClF3NO4/c1-26-15-8-4-11(17(27-2)18(15)28-3)5-9-16(25)24-14-10-12(19(21,22)23)6-7-13(14)20/h4-10H,1-3H3,(H,24,25)/b9-5+. The van der Waals surface area contributed by atoms with Gasteiger partial charge in [-0.2, -0.15) is 13.2 Å². The number of anilines is 1. The van der Waals surface area contributed by atoms with Gasteiger partial charge in [0.25, 0.3) is 0 Å². The molecule has 5 nitrogen and oxygen atoms in total. The first-order valence-corrected chi connectivity index (χ1v) is 8.23. The van der Waals surface area contributed by atoms with Gasteiger partial charge in [-0.3, -0.25) is 4.79 Å². The van der Waals surface area contributed by atoms with Crippen LogP contribution >= 0.6 is 11.6 Å². The lowest BCUT2D eigenvalue weighted by molar-refractivity contribution is -0.137. The Morgan fingerprint density at radius 3 is 2.29 bits per heavy atom. The highest BCUT2D eigenvalue weighted by Crippen LogP contribution is 2.40. The van der Waals surface area contributed by atoms with Crippen molar-refractivity contribution in [3.05, 3.63) is 52.6 Å². The zero-order valence-electron chi connectivity index (χ0n) is 15.2. The predicted octanol–water partition coefficient (Wildman–Crippen LogP) is 5.04. The van der Waals surface area contributed by atoms with Crippen LogP contribution in [0.15, 0.2) is 36.4 Å². The van der Waals surface area contributed by atoms with E-state index in [9.17, 15) is 18.0 Å². The van der Waals surface area contributed by atoms with Crippen molar-refractivity contribution in [1.29, 1.82) is 0 Å². The maximum absolute atomic E-state index is 12.8. The van der Waals surface area contributed by atoms with Crippen molar-refractivity contribution in [1.82, 2.24) is 0 Å². The molecule has 0 saturated heterocycles. The molecule has 2 aromatic carbocycles. The van der Waals surface area contributed by atoms with E-state index in [1.165, 1.54) is 27.4 Å². The van der Waals surface area contributed by atoms with E-state index < -0.39 is 17.6 Å². The van der Waals surface area contributed by atoms with Crippen LogP contribution in [-0.4, -0.2) is 27.2 Å². The fourth-order valence-corrected chi connectivity index (χ4v) is 2.56. The molecular weight excluding hydrogens is 399 g/mol. The Balaban J connectivity index is 2.26. The van der Waals surface area contributed by atoms with Crippen molar-refractivity contribution >= 4 is 29.3 Å². The lowest BCUT2D eigenvalue weighted by atomic mass is 10.1. The average Bonchev–Trinajstić information content (AvgIpc) is 2.66. The number of hydrogen-bond acceptors (Lipinski definition) is 4. The van der Waals surface area contributed by atoms with Gasteiger partial charge in [0.1, 0.15) is 0 Å². The normalized spacial score (nSPS) is 11.4. The number of ether oxygens (including phenoxy) is 3. The third kappa shape index (κ3) is 4.89. The summed E-state index contributed by atoms with van der Waals surface area (Å²) in [7, 11) is 4.34. The maximum atomic E-state index is 12.8. The SMILES string of the molecule is COc1ccc(/C=C/C(=O)Nc2cc(C(F)(F)F)ccc2Cl)c(OC)c1OC. The van der Waals surface area contributed by atoms with Crippen molar-refractivity contribution < 1.29 is 32.2 Å². The van der Waals surface area contributed by atoms with E-state index in [0.29, 0.717) is 22.8 Å². The number of alkyl halides is 3. The monoisotopic (exact) mass is 415 g/mol.